The molecule has 0 amide bonds. The van der Waals surface area contributed by atoms with Gasteiger partial charge in [0.25, 0.3) is 0 Å². The van der Waals surface area contributed by atoms with Crippen molar-refractivity contribution < 1.29 is 27.0 Å². The maximum atomic E-state index is 16.1. The van der Waals surface area contributed by atoms with Gasteiger partial charge in [0.05, 0.1) is 43.1 Å². The van der Waals surface area contributed by atoms with Crippen LogP contribution in [0.5, 0.6) is 5.75 Å². The molecule has 0 saturated carbocycles. The largest absolute Gasteiger partial charge is 0.497 e. The number of sulfone groups is 1. The van der Waals surface area contributed by atoms with Gasteiger partial charge in [0, 0.05) is 43.4 Å². The van der Waals surface area contributed by atoms with Gasteiger partial charge in [-0.25, -0.2) is 22.5 Å². The molecule has 0 aliphatic carbocycles. The Labute approximate surface area is 285 Å². The summed E-state index contributed by atoms with van der Waals surface area (Å²) in [6.07, 6.45) is 7.18. The molecule has 4 aromatic rings. The van der Waals surface area contributed by atoms with Crippen molar-refractivity contribution in [1.82, 2.24) is 30.2 Å². The Kier molecular flexibility index (Phi) is 9.51. The Balaban J connectivity index is 1.58. The zero-order valence-corrected chi connectivity index (χ0v) is 29.2. The maximum Gasteiger partial charge on any atom is 0.216 e. The van der Waals surface area contributed by atoms with Crippen LogP contribution in [0.15, 0.2) is 76.6 Å². The summed E-state index contributed by atoms with van der Waals surface area (Å²) in [7, 11) is 2.92. The molecule has 1 saturated heterocycles. The highest BCUT2D eigenvalue weighted by Crippen LogP contribution is 2.37. The molecule has 2 aliphatic heterocycles. The Morgan fingerprint density at radius 3 is 2.51 bits per heavy atom. The van der Waals surface area contributed by atoms with Crippen molar-refractivity contribution in [2.24, 2.45) is 12.0 Å². The van der Waals surface area contributed by atoms with Gasteiger partial charge in [0.15, 0.2) is 33.5 Å². The Hall–Kier alpha value is -4.73. The first-order valence-corrected chi connectivity index (χ1v) is 17.8. The lowest BCUT2D eigenvalue weighted by Crippen LogP contribution is -2.55. The van der Waals surface area contributed by atoms with Crippen LogP contribution in [0.1, 0.15) is 47.9 Å². The van der Waals surface area contributed by atoms with Crippen molar-refractivity contribution in [3.05, 3.63) is 94.9 Å². The Bertz CT molecular complexity index is 2000. The van der Waals surface area contributed by atoms with E-state index in [1.54, 1.807) is 45.4 Å². The second kappa shape index (κ2) is 13.6. The highest BCUT2D eigenvalue weighted by atomic mass is 32.2. The van der Waals surface area contributed by atoms with E-state index < -0.39 is 21.4 Å². The lowest BCUT2D eigenvalue weighted by molar-refractivity contribution is -0.0405. The van der Waals surface area contributed by atoms with Crippen LogP contribution in [0, 0.1) is 12.7 Å². The van der Waals surface area contributed by atoms with Gasteiger partial charge < -0.3 is 24.4 Å². The zero-order chi connectivity index (χ0) is 34.9. The standard InChI is InChI=1S/C34H41FN8O5S/c1-22-17-29(40-43(22)30-9-7-8-16-48-30)42(20-23-10-12-25(46-4)13-11-23)33-32(47-5)31(24-19-37-41(3)21-24)38-34(36-2,39-33)27-15-14-26(18-28(27)35)49(6,44)45/h10-15,17-19,21,30,36,38H,7-9,16,20H2,1-6H3. The van der Waals surface area contributed by atoms with Crippen molar-refractivity contribution >= 4 is 27.2 Å². The monoisotopic (exact) mass is 692 g/mol. The van der Waals surface area contributed by atoms with Crippen LogP contribution in [0.4, 0.5) is 10.2 Å². The van der Waals surface area contributed by atoms with E-state index in [9.17, 15) is 8.42 Å². The maximum absolute atomic E-state index is 16.1. The minimum atomic E-state index is -3.67. The summed E-state index contributed by atoms with van der Waals surface area (Å²) < 4.78 is 61.9. The predicted molar refractivity (Wildman–Crippen MR) is 183 cm³/mol. The molecule has 0 radical (unpaired) electrons. The summed E-state index contributed by atoms with van der Waals surface area (Å²) in [5.74, 6) is -0.405. The number of hydrogen-bond donors (Lipinski definition) is 2. The average molecular weight is 693 g/mol. The van der Waals surface area contributed by atoms with Crippen molar-refractivity contribution in [1.29, 1.82) is 0 Å². The lowest BCUT2D eigenvalue weighted by Gasteiger charge is -2.40. The molecule has 6 rings (SSSR count). The highest BCUT2D eigenvalue weighted by Gasteiger charge is 2.42. The molecule has 0 spiro atoms. The molecule has 260 valence electrons. The molecule has 2 unspecified atom stereocenters. The number of benzene rings is 2. The van der Waals surface area contributed by atoms with Crippen LogP contribution in [0.2, 0.25) is 0 Å². The number of methoxy groups -OCH3 is 2. The number of aryl methyl sites for hydroxylation is 2. The van der Waals surface area contributed by atoms with Gasteiger partial charge >= 0.3 is 0 Å². The second-order valence-electron chi connectivity index (χ2n) is 12.1. The summed E-state index contributed by atoms with van der Waals surface area (Å²) in [5.41, 5.74) is 3.02. The fraction of sp³-hybridized carbons (Fsp3) is 0.382. The smallest absolute Gasteiger partial charge is 0.216 e. The van der Waals surface area contributed by atoms with Crippen LogP contribution in [-0.2, 0) is 38.7 Å². The zero-order valence-electron chi connectivity index (χ0n) is 28.4. The molecule has 2 aromatic heterocycles. The molecule has 15 heteroatoms. The summed E-state index contributed by atoms with van der Waals surface area (Å²) in [5, 5.41) is 16.0. The first-order chi connectivity index (χ1) is 23.5. The molecule has 1 fully saturated rings. The fourth-order valence-electron chi connectivity index (χ4n) is 6.11. The van der Waals surface area contributed by atoms with Crippen molar-refractivity contribution in [3.8, 4) is 5.75 Å². The van der Waals surface area contributed by atoms with Gasteiger partial charge in [0.1, 0.15) is 11.6 Å². The van der Waals surface area contributed by atoms with E-state index in [4.69, 9.17) is 24.3 Å². The number of amidine groups is 1. The van der Waals surface area contributed by atoms with Crippen molar-refractivity contribution in [3.63, 3.8) is 0 Å². The first-order valence-electron chi connectivity index (χ1n) is 15.9. The third kappa shape index (κ3) is 6.78. The molecule has 13 nitrogen and oxygen atoms in total. The van der Waals surface area contributed by atoms with Crippen LogP contribution in [0.3, 0.4) is 0 Å². The first kappa shape index (κ1) is 34.1. The van der Waals surface area contributed by atoms with E-state index in [1.165, 1.54) is 12.1 Å². The number of hydrogen-bond acceptors (Lipinski definition) is 11. The molecule has 2 aromatic carbocycles. The second-order valence-corrected chi connectivity index (χ2v) is 14.1. The van der Waals surface area contributed by atoms with E-state index in [-0.39, 0.29) is 16.7 Å². The number of aromatic nitrogens is 4. The summed E-state index contributed by atoms with van der Waals surface area (Å²) in [6.45, 7) is 2.94. The number of anilines is 1. The topological polar surface area (TPSA) is 137 Å². The molecule has 2 aliphatic rings. The van der Waals surface area contributed by atoms with Crippen LogP contribution in [0.25, 0.3) is 5.70 Å². The van der Waals surface area contributed by atoms with Crippen LogP contribution < -0.4 is 20.3 Å². The average Bonchev–Trinajstić information content (AvgIpc) is 3.71. The van der Waals surface area contributed by atoms with E-state index >= 15 is 4.39 Å². The molecular weight excluding hydrogens is 651 g/mol. The molecule has 2 atom stereocenters. The quantitative estimate of drug-likeness (QED) is 0.249. The molecule has 0 bridgehead atoms. The van der Waals surface area contributed by atoms with Gasteiger partial charge in [-0.3, -0.25) is 10.00 Å². The fourth-order valence-corrected chi connectivity index (χ4v) is 6.74. The van der Waals surface area contributed by atoms with Crippen molar-refractivity contribution in [2.45, 2.75) is 49.6 Å². The van der Waals surface area contributed by atoms with Crippen molar-refractivity contribution in [2.75, 3.05) is 39.0 Å². The molecule has 4 heterocycles. The third-order valence-corrected chi connectivity index (χ3v) is 9.81. The number of nitrogens with zero attached hydrogens (tertiary/aromatic N) is 6. The van der Waals surface area contributed by atoms with E-state index in [0.29, 0.717) is 47.6 Å². The molecule has 49 heavy (non-hydrogen) atoms. The Morgan fingerprint density at radius 2 is 1.92 bits per heavy atom. The van der Waals surface area contributed by atoms with Gasteiger partial charge in [-0.1, -0.05) is 12.1 Å². The van der Waals surface area contributed by atoms with Gasteiger partial charge in [-0.05, 0) is 69.1 Å². The molecule has 2 N–H and O–H groups in total. The van der Waals surface area contributed by atoms with E-state index in [1.807, 2.05) is 46.8 Å². The highest BCUT2D eigenvalue weighted by molar-refractivity contribution is 7.90. The lowest BCUT2D eigenvalue weighted by atomic mass is 10.0. The van der Waals surface area contributed by atoms with Crippen LogP contribution in [-0.4, -0.2) is 67.9 Å². The number of rotatable bonds is 10. The summed E-state index contributed by atoms with van der Waals surface area (Å²) in [6, 6.07) is 13.4. The number of nitrogens with one attached hydrogen (secondary N) is 2. The Morgan fingerprint density at radius 1 is 1.14 bits per heavy atom. The number of halogens is 1. The van der Waals surface area contributed by atoms with Gasteiger partial charge in [0.2, 0.25) is 5.79 Å². The minimum Gasteiger partial charge on any atom is -0.497 e. The minimum absolute atomic E-state index is 0.0677. The number of aliphatic imine (C=N–C) groups is 1. The van der Waals surface area contributed by atoms with Gasteiger partial charge in [-0.2, -0.15) is 10.2 Å². The normalized spacial score (nSPS) is 19.7. The van der Waals surface area contributed by atoms with E-state index in [0.717, 1.165) is 42.8 Å². The van der Waals surface area contributed by atoms with E-state index in [2.05, 4.69) is 15.7 Å². The number of ether oxygens (including phenoxy) is 3. The molecular formula is C34H41FN8O5S. The van der Waals surface area contributed by atoms with Gasteiger partial charge in [-0.15, -0.1) is 0 Å². The van der Waals surface area contributed by atoms with Crippen LogP contribution >= 0.6 is 0 Å². The summed E-state index contributed by atoms with van der Waals surface area (Å²) in [4.78, 5) is 6.93. The predicted octanol–water partition coefficient (Wildman–Crippen LogP) is 4.23. The third-order valence-electron chi connectivity index (χ3n) is 8.70. The summed E-state index contributed by atoms with van der Waals surface area (Å²) >= 11 is 0. The SMILES string of the molecule is CNC1(c2ccc(S(C)(=O)=O)cc2F)N=C(N(Cc2ccc(OC)cc2)c2cc(C)n(C3CCCCO3)n2)C(OC)=C(c2cnn(C)c2)N1.